The maximum atomic E-state index is 11.2. The van der Waals surface area contributed by atoms with E-state index in [0.717, 1.165) is 17.9 Å². The highest BCUT2D eigenvalue weighted by Gasteiger charge is 2.10. The van der Waals surface area contributed by atoms with Crippen LogP contribution in [0.4, 0.5) is 0 Å². The number of esters is 1. The van der Waals surface area contributed by atoms with E-state index in [4.69, 9.17) is 11.6 Å². The van der Waals surface area contributed by atoms with Crippen molar-refractivity contribution in [2.24, 2.45) is 0 Å². The Morgan fingerprint density at radius 3 is 2.95 bits per heavy atom. The lowest BCUT2D eigenvalue weighted by Crippen LogP contribution is -2.26. The third kappa shape index (κ3) is 3.71. The van der Waals surface area contributed by atoms with Crippen LogP contribution in [0.2, 0.25) is 5.02 Å². The molecule has 0 aliphatic heterocycles. The molecular weight excluding hydrogens is 278 g/mol. The highest BCUT2D eigenvalue weighted by atomic mass is 35.5. The largest absolute Gasteiger partial charge is 0.469 e. The summed E-state index contributed by atoms with van der Waals surface area (Å²) in [6.45, 7) is 4.28. The van der Waals surface area contributed by atoms with Crippen LogP contribution in [0.25, 0.3) is 5.65 Å². The van der Waals surface area contributed by atoms with Gasteiger partial charge in [-0.3, -0.25) is 9.69 Å². The fraction of sp³-hybridized carbons (Fsp3) is 0.429. The molecule has 108 valence electrons. The highest BCUT2D eigenvalue weighted by Crippen LogP contribution is 2.13. The van der Waals surface area contributed by atoms with Crippen LogP contribution in [-0.4, -0.2) is 40.5 Å². The Kier molecular flexibility index (Phi) is 4.98. The lowest BCUT2D eigenvalue weighted by Gasteiger charge is -2.18. The maximum Gasteiger partial charge on any atom is 0.306 e. The first-order chi connectivity index (χ1) is 9.62. The van der Waals surface area contributed by atoms with Gasteiger partial charge >= 0.3 is 5.97 Å². The molecule has 0 aliphatic carbocycles. The molecule has 0 saturated carbocycles. The van der Waals surface area contributed by atoms with Crippen LogP contribution in [-0.2, 0) is 16.1 Å². The fourth-order valence-corrected chi connectivity index (χ4v) is 2.19. The molecule has 20 heavy (non-hydrogen) atoms. The molecule has 0 unspecified atom stereocenters. The fourth-order valence-electron chi connectivity index (χ4n) is 2.02. The van der Waals surface area contributed by atoms with Crippen LogP contribution in [0.3, 0.4) is 0 Å². The topological polar surface area (TPSA) is 46.8 Å². The maximum absolute atomic E-state index is 11.2. The molecule has 0 amide bonds. The quantitative estimate of drug-likeness (QED) is 0.768. The first-order valence-corrected chi connectivity index (χ1v) is 6.92. The van der Waals surface area contributed by atoms with Crippen LogP contribution < -0.4 is 0 Å². The number of carbonyl (C=O) groups excluding carboxylic acids is 1. The second-order valence-corrected chi connectivity index (χ2v) is 4.98. The lowest BCUT2D eigenvalue weighted by atomic mass is 10.3. The van der Waals surface area contributed by atoms with E-state index in [1.807, 2.05) is 28.9 Å². The van der Waals surface area contributed by atoms with E-state index in [1.165, 1.54) is 7.11 Å². The van der Waals surface area contributed by atoms with Gasteiger partial charge in [0.2, 0.25) is 0 Å². The number of rotatable bonds is 6. The Balaban J connectivity index is 2.03. The number of hydrogen-bond donors (Lipinski definition) is 0. The van der Waals surface area contributed by atoms with Gasteiger partial charge in [-0.05, 0) is 18.7 Å². The van der Waals surface area contributed by atoms with Gasteiger partial charge in [0.1, 0.15) is 5.65 Å². The summed E-state index contributed by atoms with van der Waals surface area (Å²) in [5, 5.41) is 0.680. The second-order valence-electron chi connectivity index (χ2n) is 4.54. The summed E-state index contributed by atoms with van der Waals surface area (Å²) in [6.07, 6.45) is 4.18. The standard InChI is InChI=1S/C14H18ClN3O2/c1-3-17(7-6-14(19)20-2)9-12-10-18-8-11(15)4-5-13(18)16-12/h4-5,8,10H,3,6-7,9H2,1-2H3. The molecular formula is C14H18ClN3O2. The van der Waals surface area contributed by atoms with E-state index in [1.54, 1.807) is 0 Å². The van der Waals surface area contributed by atoms with Gasteiger partial charge in [0.05, 0.1) is 24.2 Å². The molecule has 2 heterocycles. The minimum Gasteiger partial charge on any atom is -0.469 e. The first-order valence-electron chi connectivity index (χ1n) is 6.54. The van der Waals surface area contributed by atoms with Crippen molar-refractivity contribution in [2.45, 2.75) is 19.9 Å². The van der Waals surface area contributed by atoms with Gasteiger partial charge in [-0.2, -0.15) is 0 Å². The summed E-state index contributed by atoms with van der Waals surface area (Å²) in [5.41, 5.74) is 1.83. The molecule has 2 aromatic heterocycles. The van der Waals surface area contributed by atoms with Gasteiger partial charge in [-0.15, -0.1) is 0 Å². The van der Waals surface area contributed by atoms with Gasteiger partial charge in [0.25, 0.3) is 0 Å². The molecule has 0 spiro atoms. The van der Waals surface area contributed by atoms with Crippen molar-refractivity contribution in [1.82, 2.24) is 14.3 Å². The van der Waals surface area contributed by atoms with Gasteiger partial charge in [0, 0.05) is 25.5 Å². The normalized spacial score (nSPS) is 11.2. The van der Waals surface area contributed by atoms with E-state index in [9.17, 15) is 4.79 Å². The van der Waals surface area contributed by atoms with Crippen LogP contribution in [0, 0.1) is 0 Å². The van der Waals surface area contributed by atoms with E-state index in [2.05, 4.69) is 21.5 Å². The summed E-state index contributed by atoms with van der Waals surface area (Å²) < 4.78 is 6.57. The minimum atomic E-state index is -0.190. The van der Waals surface area contributed by atoms with Crippen molar-refractivity contribution >= 4 is 23.2 Å². The van der Waals surface area contributed by atoms with Crippen LogP contribution in [0.1, 0.15) is 19.0 Å². The number of fused-ring (bicyclic) bond motifs is 1. The van der Waals surface area contributed by atoms with E-state index >= 15 is 0 Å². The number of nitrogens with zero attached hydrogens (tertiary/aromatic N) is 3. The SMILES string of the molecule is CCN(CCC(=O)OC)Cc1cn2cc(Cl)ccc2n1. The molecule has 5 nitrogen and oxygen atoms in total. The van der Waals surface area contributed by atoms with Crippen molar-refractivity contribution in [2.75, 3.05) is 20.2 Å². The van der Waals surface area contributed by atoms with Crippen molar-refractivity contribution in [3.05, 3.63) is 35.2 Å². The molecule has 0 aliphatic rings. The molecule has 2 rings (SSSR count). The number of methoxy groups -OCH3 is 1. The van der Waals surface area contributed by atoms with Crippen LogP contribution in [0.15, 0.2) is 24.5 Å². The van der Waals surface area contributed by atoms with E-state index in [-0.39, 0.29) is 5.97 Å². The predicted molar refractivity (Wildman–Crippen MR) is 77.8 cm³/mol. The predicted octanol–water partition coefficient (Wildman–Crippen LogP) is 2.37. The molecule has 0 N–H and O–H groups in total. The molecule has 2 aromatic rings. The molecule has 0 saturated heterocycles. The highest BCUT2D eigenvalue weighted by molar-refractivity contribution is 6.30. The third-order valence-corrected chi connectivity index (χ3v) is 3.38. The number of imidazole rings is 1. The van der Waals surface area contributed by atoms with Gasteiger partial charge in [-0.25, -0.2) is 4.98 Å². The van der Waals surface area contributed by atoms with Crippen molar-refractivity contribution in [3.63, 3.8) is 0 Å². The van der Waals surface area contributed by atoms with E-state index in [0.29, 0.717) is 24.5 Å². The molecule has 0 aromatic carbocycles. The van der Waals surface area contributed by atoms with Crippen molar-refractivity contribution < 1.29 is 9.53 Å². The number of carbonyl (C=O) groups is 1. The Bertz CT molecular complexity index is 597. The van der Waals surface area contributed by atoms with Gasteiger partial charge in [0.15, 0.2) is 0 Å². The zero-order valence-electron chi connectivity index (χ0n) is 11.7. The average Bonchev–Trinajstić information content (AvgIpc) is 2.84. The molecule has 0 bridgehead atoms. The number of halogens is 1. The summed E-state index contributed by atoms with van der Waals surface area (Å²) in [6, 6.07) is 3.71. The molecule has 0 atom stereocenters. The van der Waals surface area contributed by atoms with Gasteiger partial charge in [-0.1, -0.05) is 18.5 Å². The number of ether oxygens (including phenoxy) is 1. The molecule has 6 heteroatoms. The van der Waals surface area contributed by atoms with Crippen molar-refractivity contribution in [1.29, 1.82) is 0 Å². The number of hydrogen-bond acceptors (Lipinski definition) is 4. The Labute approximate surface area is 123 Å². The minimum absolute atomic E-state index is 0.190. The van der Waals surface area contributed by atoms with E-state index < -0.39 is 0 Å². The first kappa shape index (κ1) is 14.8. The summed E-state index contributed by atoms with van der Waals surface area (Å²) >= 11 is 5.95. The summed E-state index contributed by atoms with van der Waals surface area (Å²) in [4.78, 5) is 17.9. The lowest BCUT2D eigenvalue weighted by molar-refractivity contribution is -0.141. The van der Waals surface area contributed by atoms with Crippen LogP contribution in [0.5, 0.6) is 0 Å². The Morgan fingerprint density at radius 2 is 2.25 bits per heavy atom. The zero-order chi connectivity index (χ0) is 14.5. The number of pyridine rings is 1. The number of aromatic nitrogens is 2. The average molecular weight is 296 g/mol. The third-order valence-electron chi connectivity index (χ3n) is 3.16. The zero-order valence-corrected chi connectivity index (χ0v) is 12.4. The van der Waals surface area contributed by atoms with Crippen LogP contribution >= 0.6 is 11.6 Å². The molecule has 0 fully saturated rings. The van der Waals surface area contributed by atoms with Gasteiger partial charge < -0.3 is 9.14 Å². The Morgan fingerprint density at radius 1 is 1.45 bits per heavy atom. The van der Waals surface area contributed by atoms with Crippen molar-refractivity contribution in [3.8, 4) is 0 Å². The molecule has 0 radical (unpaired) electrons. The smallest absolute Gasteiger partial charge is 0.306 e. The summed E-state index contributed by atoms with van der Waals surface area (Å²) in [5.74, 6) is -0.190. The monoisotopic (exact) mass is 295 g/mol. The summed E-state index contributed by atoms with van der Waals surface area (Å²) in [7, 11) is 1.41. The second kappa shape index (κ2) is 6.72. The Hall–Kier alpha value is -1.59.